The third-order valence-corrected chi connectivity index (χ3v) is 7.72. The lowest BCUT2D eigenvalue weighted by Crippen LogP contribution is -2.46. The molecule has 5 rings (SSSR count). The molecule has 0 spiro atoms. The van der Waals surface area contributed by atoms with Gasteiger partial charge in [0.1, 0.15) is 22.9 Å². The molecule has 1 aromatic heterocycles. The van der Waals surface area contributed by atoms with Crippen LogP contribution < -0.4 is 30.3 Å². The van der Waals surface area contributed by atoms with E-state index in [-0.39, 0.29) is 11.5 Å². The van der Waals surface area contributed by atoms with Crippen LogP contribution in [0.2, 0.25) is 0 Å². The Hall–Kier alpha value is -4.83. The number of aromatic nitrogens is 2. The third-order valence-electron chi connectivity index (χ3n) is 7.72. The molecule has 224 valence electrons. The number of methoxy groups -OCH3 is 2. The lowest BCUT2D eigenvalue weighted by atomic mass is 10.1. The van der Waals surface area contributed by atoms with Crippen molar-refractivity contribution in [2.24, 2.45) is 0 Å². The van der Waals surface area contributed by atoms with Gasteiger partial charge in [-0.25, -0.2) is 4.98 Å². The molecule has 3 aromatic carbocycles. The Morgan fingerprint density at radius 3 is 2.28 bits per heavy atom. The fraction of sp³-hybridized carbons (Fsp3) is 0.303. The van der Waals surface area contributed by atoms with Crippen LogP contribution in [0.5, 0.6) is 11.5 Å². The molecule has 0 atom stereocenters. The molecule has 10 nitrogen and oxygen atoms in total. The maximum Gasteiger partial charge on any atom is 0.261 e. The molecule has 4 aromatic rings. The lowest BCUT2D eigenvalue weighted by Gasteiger charge is -2.35. The van der Waals surface area contributed by atoms with Gasteiger partial charge >= 0.3 is 0 Å². The molecule has 10 heteroatoms. The first-order valence-corrected chi connectivity index (χ1v) is 14.5. The lowest BCUT2D eigenvalue weighted by molar-refractivity contribution is 0.102. The number of amides is 1. The topological polar surface area (TPSA) is 104 Å². The predicted molar refractivity (Wildman–Crippen MR) is 173 cm³/mol. The average molecular weight is 582 g/mol. The Kier molecular flexibility index (Phi) is 9.26. The van der Waals surface area contributed by atoms with E-state index in [9.17, 15) is 4.79 Å². The largest absolute Gasteiger partial charge is 0.497 e. The molecule has 1 amide bonds. The molecule has 0 saturated carbocycles. The third kappa shape index (κ3) is 6.98. The monoisotopic (exact) mass is 581 g/mol. The van der Waals surface area contributed by atoms with E-state index in [1.807, 2.05) is 56.3 Å². The van der Waals surface area contributed by atoms with Crippen LogP contribution in [-0.2, 0) is 0 Å². The number of benzene rings is 3. The summed E-state index contributed by atoms with van der Waals surface area (Å²) < 4.78 is 10.9. The highest BCUT2D eigenvalue weighted by atomic mass is 16.5. The first-order chi connectivity index (χ1) is 20.9. The number of hydrogen-bond acceptors (Lipinski definition) is 9. The second-order valence-corrected chi connectivity index (χ2v) is 10.5. The van der Waals surface area contributed by atoms with Crippen molar-refractivity contribution in [1.29, 1.82) is 0 Å². The van der Waals surface area contributed by atoms with Crippen molar-refractivity contribution in [3.63, 3.8) is 0 Å². The Morgan fingerprint density at radius 1 is 0.907 bits per heavy atom. The highest BCUT2D eigenvalue weighted by Gasteiger charge is 2.19. The molecule has 0 radical (unpaired) electrons. The molecule has 0 bridgehead atoms. The molecule has 1 fully saturated rings. The molecule has 1 aliphatic heterocycles. The quantitative estimate of drug-likeness (QED) is 0.208. The van der Waals surface area contributed by atoms with Gasteiger partial charge in [-0.15, -0.1) is 0 Å². The number of hydrogen-bond donors (Lipinski definition) is 3. The van der Waals surface area contributed by atoms with Crippen LogP contribution in [0.3, 0.4) is 0 Å². The number of aryl methyl sites for hydroxylation is 2. The number of piperazine rings is 1. The van der Waals surface area contributed by atoms with Crippen LogP contribution in [0.1, 0.15) is 28.4 Å². The van der Waals surface area contributed by atoms with Crippen molar-refractivity contribution in [3.05, 3.63) is 83.6 Å². The van der Waals surface area contributed by atoms with E-state index in [0.717, 1.165) is 55.2 Å². The van der Waals surface area contributed by atoms with Crippen LogP contribution in [-0.4, -0.2) is 67.7 Å². The van der Waals surface area contributed by atoms with Gasteiger partial charge in [-0.1, -0.05) is 25.1 Å². The minimum atomic E-state index is -0.327. The Labute approximate surface area is 253 Å². The van der Waals surface area contributed by atoms with Crippen molar-refractivity contribution in [3.8, 4) is 11.5 Å². The van der Waals surface area contributed by atoms with Gasteiger partial charge in [-0.3, -0.25) is 4.79 Å². The first-order valence-electron chi connectivity index (χ1n) is 14.5. The van der Waals surface area contributed by atoms with Crippen LogP contribution >= 0.6 is 0 Å². The van der Waals surface area contributed by atoms with Crippen LogP contribution in [0, 0.1) is 13.8 Å². The van der Waals surface area contributed by atoms with Gasteiger partial charge in [0.2, 0.25) is 5.95 Å². The number of likely N-dealkylation sites (N-methyl/N-ethyl adjacent to an activating group) is 1. The number of rotatable bonds is 10. The molecular formula is C33H39N7O3. The summed E-state index contributed by atoms with van der Waals surface area (Å²) in [5.41, 5.74) is 5.64. The SMILES string of the molecule is CCN1CCN(c2ccc(Nc3ncc(C(=O)Nc4c(C)cccc4C)c(Nc4ccc(OC)cc4OC)n3)cc2)CC1. The maximum atomic E-state index is 13.6. The molecule has 1 aliphatic rings. The molecule has 2 heterocycles. The number of para-hydroxylation sites is 1. The summed E-state index contributed by atoms with van der Waals surface area (Å²) in [6, 6.07) is 19.5. The van der Waals surface area contributed by atoms with Gasteiger partial charge in [0.25, 0.3) is 5.91 Å². The summed E-state index contributed by atoms with van der Waals surface area (Å²) in [6.45, 7) is 11.4. The van der Waals surface area contributed by atoms with Gasteiger partial charge in [0, 0.05) is 55.5 Å². The summed E-state index contributed by atoms with van der Waals surface area (Å²) in [5.74, 6) is 1.55. The van der Waals surface area contributed by atoms with E-state index in [1.54, 1.807) is 20.3 Å². The van der Waals surface area contributed by atoms with Gasteiger partial charge < -0.3 is 35.2 Å². The zero-order valence-electron chi connectivity index (χ0n) is 25.4. The Bertz CT molecular complexity index is 1550. The zero-order valence-corrected chi connectivity index (χ0v) is 25.4. The normalized spacial score (nSPS) is 13.4. The minimum Gasteiger partial charge on any atom is -0.497 e. The number of carbonyl (C=O) groups excluding carboxylic acids is 1. The minimum absolute atomic E-state index is 0.285. The van der Waals surface area contributed by atoms with E-state index < -0.39 is 0 Å². The van der Waals surface area contributed by atoms with E-state index in [1.165, 1.54) is 11.9 Å². The van der Waals surface area contributed by atoms with Crippen molar-refractivity contribution >= 4 is 40.4 Å². The van der Waals surface area contributed by atoms with Crippen LogP contribution in [0.4, 0.5) is 34.5 Å². The first kappa shape index (κ1) is 29.7. The molecule has 1 saturated heterocycles. The smallest absolute Gasteiger partial charge is 0.261 e. The van der Waals surface area contributed by atoms with Crippen LogP contribution in [0.15, 0.2) is 66.9 Å². The molecule has 43 heavy (non-hydrogen) atoms. The average Bonchev–Trinajstić information content (AvgIpc) is 3.03. The standard InChI is InChI=1S/C33H39N7O3/c1-6-39-16-18-40(19-17-39)25-12-10-24(11-13-25)35-33-34-21-27(32(41)37-30-22(2)8-7-9-23(30)3)31(38-33)36-28-15-14-26(42-4)20-29(28)43-5/h7-15,20-21H,6,16-19H2,1-5H3,(H,37,41)(H2,34,35,36,38). The summed E-state index contributed by atoms with van der Waals surface area (Å²) >= 11 is 0. The molecule has 0 aliphatic carbocycles. The van der Waals surface area contributed by atoms with Crippen molar-refractivity contribution in [1.82, 2.24) is 14.9 Å². The fourth-order valence-corrected chi connectivity index (χ4v) is 5.13. The van der Waals surface area contributed by atoms with Gasteiger partial charge in [0.05, 0.1) is 19.9 Å². The van der Waals surface area contributed by atoms with Crippen LogP contribution in [0.25, 0.3) is 0 Å². The Morgan fingerprint density at radius 2 is 1.63 bits per heavy atom. The van der Waals surface area contributed by atoms with Gasteiger partial charge in [-0.05, 0) is 67.9 Å². The van der Waals surface area contributed by atoms with Crippen molar-refractivity contribution in [2.75, 3.05) is 67.8 Å². The molecule has 3 N–H and O–H groups in total. The van der Waals surface area contributed by atoms with E-state index in [4.69, 9.17) is 14.5 Å². The van der Waals surface area contributed by atoms with Gasteiger partial charge in [-0.2, -0.15) is 4.98 Å². The van der Waals surface area contributed by atoms with Gasteiger partial charge in [0.15, 0.2) is 0 Å². The van der Waals surface area contributed by atoms with E-state index in [0.29, 0.717) is 29.0 Å². The van der Waals surface area contributed by atoms with E-state index >= 15 is 0 Å². The second-order valence-electron chi connectivity index (χ2n) is 10.5. The predicted octanol–water partition coefficient (Wildman–Crippen LogP) is 5.99. The van der Waals surface area contributed by atoms with Crippen molar-refractivity contribution in [2.45, 2.75) is 20.8 Å². The summed E-state index contributed by atoms with van der Waals surface area (Å²) in [7, 11) is 3.17. The Balaban J connectivity index is 1.41. The maximum absolute atomic E-state index is 13.6. The molecule has 0 unspecified atom stereocenters. The summed E-state index contributed by atoms with van der Waals surface area (Å²) in [6.07, 6.45) is 1.53. The number of anilines is 6. The fourth-order valence-electron chi connectivity index (χ4n) is 5.13. The zero-order chi connectivity index (χ0) is 30.3. The number of carbonyl (C=O) groups is 1. The van der Waals surface area contributed by atoms with Crippen molar-refractivity contribution < 1.29 is 14.3 Å². The number of nitrogens with zero attached hydrogens (tertiary/aromatic N) is 4. The highest BCUT2D eigenvalue weighted by Crippen LogP contribution is 2.33. The summed E-state index contributed by atoms with van der Waals surface area (Å²) in [4.78, 5) is 27.7. The second kappa shape index (κ2) is 13.4. The van der Waals surface area contributed by atoms with E-state index in [2.05, 4.69) is 49.8 Å². The highest BCUT2D eigenvalue weighted by molar-refractivity contribution is 6.08. The number of nitrogens with one attached hydrogen (secondary N) is 3. The molecular weight excluding hydrogens is 542 g/mol. The summed E-state index contributed by atoms with van der Waals surface area (Å²) in [5, 5.41) is 9.61. The number of ether oxygens (including phenoxy) is 2.